The van der Waals surface area contributed by atoms with Gasteiger partial charge in [-0.2, -0.15) is 0 Å². The quantitative estimate of drug-likeness (QED) is 0.517. The van der Waals surface area contributed by atoms with Crippen LogP contribution in [0, 0.1) is 26.7 Å². The number of hydrogen-bond donors (Lipinski definition) is 2. The van der Waals surface area contributed by atoms with Crippen molar-refractivity contribution in [3.63, 3.8) is 0 Å². The van der Waals surface area contributed by atoms with Gasteiger partial charge in [-0.05, 0) is 94.3 Å². The van der Waals surface area contributed by atoms with Gasteiger partial charge in [0.05, 0.1) is 6.10 Å². The molecule has 2 aromatic carbocycles. The lowest BCUT2D eigenvalue weighted by molar-refractivity contribution is 0.0261. The van der Waals surface area contributed by atoms with E-state index in [4.69, 9.17) is 0 Å². The first-order valence-electron chi connectivity index (χ1n) is 13.8. The van der Waals surface area contributed by atoms with Crippen molar-refractivity contribution in [2.45, 2.75) is 58.0 Å². The monoisotopic (exact) mass is 485 g/mol. The third kappa shape index (κ3) is 5.40. The lowest BCUT2D eigenvalue weighted by Gasteiger charge is -2.42. The Hall–Kier alpha value is -2.56. The summed E-state index contributed by atoms with van der Waals surface area (Å²) in [6, 6.07) is 13.5. The normalized spacial score (nSPS) is 21.1. The topological polar surface area (TPSA) is 38.7 Å². The second-order valence-corrected chi connectivity index (χ2v) is 11.6. The Morgan fingerprint density at radius 2 is 1.72 bits per heavy atom. The van der Waals surface area contributed by atoms with E-state index in [2.05, 4.69) is 91.0 Å². The molecule has 192 valence electrons. The van der Waals surface area contributed by atoms with E-state index >= 15 is 0 Å². The molecule has 0 radical (unpaired) electrons. The van der Waals surface area contributed by atoms with Gasteiger partial charge in [-0.1, -0.05) is 54.1 Å². The first-order valence-corrected chi connectivity index (χ1v) is 13.8. The van der Waals surface area contributed by atoms with Crippen molar-refractivity contribution in [3.8, 4) is 0 Å². The number of allylic oxidation sites excluding steroid dienone is 1. The fourth-order valence-corrected chi connectivity index (χ4v) is 6.63. The number of aryl methyl sites for hydroxylation is 3. The summed E-state index contributed by atoms with van der Waals surface area (Å²) < 4.78 is 0. The molecule has 3 heterocycles. The molecule has 3 aliphatic heterocycles. The Bertz CT molecular complexity index is 1100. The molecule has 0 aliphatic carbocycles. The average molecular weight is 486 g/mol. The molecule has 5 rings (SSSR count). The molecule has 2 saturated heterocycles. The number of aliphatic hydroxyl groups excluding tert-OH is 1. The lowest BCUT2D eigenvalue weighted by Crippen LogP contribution is -2.48. The molecule has 1 spiro atoms. The van der Waals surface area contributed by atoms with E-state index in [0.717, 1.165) is 57.8 Å². The Morgan fingerprint density at radius 1 is 1.03 bits per heavy atom. The minimum absolute atomic E-state index is 0.239. The summed E-state index contributed by atoms with van der Waals surface area (Å²) in [5.74, 6) is 0.380. The Balaban J connectivity index is 1.08. The smallest absolute Gasteiger partial charge is 0.0696 e. The van der Waals surface area contributed by atoms with Crippen LogP contribution < -0.4 is 5.32 Å². The van der Waals surface area contributed by atoms with Gasteiger partial charge in [0.2, 0.25) is 0 Å². The largest absolute Gasteiger partial charge is 0.392 e. The van der Waals surface area contributed by atoms with Gasteiger partial charge < -0.3 is 20.2 Å². The maximum Gasteiger partial charge on any atom is 0.0696 e. The van der Waals surface area contributed by atoms with E-state index in [1.807, 2.05) is 0 Å². The van der Waals surface area contributed by atoms with Crippen LogP contribution in [-0.4, -0.2) is 60.3 Å². The van der Waals surface area contributed by atoms with Crippen LogP contribution in [0.4, 0.5) is 5.69 Å². The van der Waals surface area contributed by atoms with Gasteiger partial charge in [-0.15, -0.1) is 0 Å². The first-order chi connectivity index (χ1) is 17.3. The maximum atomic E-state index is 11.1. The van der Waals surface area contributed by atoms with E-state index in [1.165, 1.54) is 46.3 Å². The van der Waals surface area contributed by atoms with E-state index in [1.54, 1.807) is 0 Å². The van der Waals surface area contributed by atoms with Crippen LogP contribution in [0.1, 0.15) is 53.5 Å². The highest BCUT2D eigenvalue weighted by molar-refractivity contribution is 5.62. The van der Waals surface area contributed by atoms with Gasteiger partial charge in [-0.3, -0.25) is 0 Å². The standard InChI is InChI=1S/C32H43N3O/c1-23-5-8-29-30(20-23)33-22-32(29)11-15-34(16-12-32)21-31(36)28-9-13-35(14-10-28)26(4)6-7-27-18-24(2)17-25(3)19-27/h5-8,17-20,28,31,33,36H,4,9-16,21-22H2,1-3H3/b7-6+. The van der Waals surface area contributed by atoms with Crippen LogP contribution >= 0.6 is 0 Å². The summed E-state index contributed by atoms with van der Waals surface area (Å²) in [7, 11) is 0. The molecular formula is C32H43N3O. The number of hydrogen-bond acceptors (Lipinski definition) is 4. The van der Waals surface area contributed by atoms with Gasteiger partial charge in [0.25, 0.3) is 0 Å². The molecule has 0 aromatic heterocycles. The molecule has 1 unspecified atom stereocenters. The second kappa shape index (κ2) is 10.4. The van der Waals surface area contributed by atoms with Crippen molar-refractivity contribution in [1.29, 1.82) is 0 Å². The molecule has 3 aliphatic rings. The van der Waals surface area contributed by atoms with Crippen LogP contribution in [0.3, 0.4) is 0 Å². The van der Waals surface area contributed by atoms with E-state index in [-0.39, 0.29) is 11.5 Å². The van der Waals surface area contributed by atoms with Crippen molar-refractivity contribution in [2.75, 3.05) is 44.6 Å². The summed E-state index contributed by atoms with van der Waals surface area (Å²) in [5.41, 5.74) is 9.33. The third-order valence-electron chi connectivity index (χ3n) is 8.82. The zero-order chi connectivity index (χ0) is 25.3. The minimum atomic E-state index is -0.239. The molecule has 0 bridgehead atoms. The van der Waals surface area contributed by atoms with E-state index < -0.39 is 0 Å². The molecule has 0 saturated carbocycles. The predicted octanol–water partition coefficient (Wildman–Crippen LogP) is 5.67. The molecule has 2 fully saturated rings. The molecule has 2 aromatic rings. The highest BCUT2D eigenvalue weighted by Crippen LogP contribution is 2.44. The van der Waals surface area contributed by atoms with Gasteiger partial charge in [0.1, 0.15) is 0 Å². The number of β-amino-alcohol motifs (C(OH)–C–C–N with tert-alkyl or cyclic N) is 1. The average Bonchev–Trinajstić information content (AvgIpc) is 3.20. The van der Waals surface area contributed by atoms with Crippen molar-refractivity contribution < 1.29 is 5.11 Å². The number of nitrogens with one attached hydrogen (secondary N) is 1. The zero-order valence-corrected chi connectivity index (χ0v) is 22.4. The highest BCUT2D eigenvalue weighted by Gasteiger charge is 2.41. The minimum Gasteiger partial charge on any atom is -0.392 e. The van der Waals surface area contributed by atoms with E-state index in [9.17, 15) is 5.11 Å². The third-order valence-corrected chi connectivity index (χ3v) is 8.82. The predicted molar refractivity (Wildman–Crippen MR) is 151 cm³/mol. The summed E-state index contributed by atoms with van der Waals surface area (Å²) >= 11 is 0. The summed E-state index contributed by atoms with van der Waals surface area (Å²) in [5, 5.41) is 14.8. The van der Waals surface area contributed by atoms with Gasteiger partial charge in [0.15, 0.2) is 0 Å². The number of fused-ring (bicyclic) bond motifs is 2. The Kier molecular flexibility index (Phi) is 7.28. The number of piperidine rings is 2. The summed E-state index contributed by atoms with van der Waals surface area (Å²) in [6.45, 7) is 16.7. The summed E-state index contributed by atoms with van der Waals surface area (Å²) in [6.07, 6.45) is 8.49. The van der Waals surface area contributed by atoms with Crippen LogP contribution in [0.15, 0.2) is 54.8 Å². The number of nitrogens with zero attached hydrogens (tertiary/aromatic N) is 2. The fraction of sp³-hybridized carbons (Fsp3) is 0.500. The molecule has 1 atom stereocenters. The number of benzene rings is 2. The molecule has 2 N–H and O–H groups in total. The van der Waals surface area contributed by atoms with Crippen LogP contribution in [0.25, 0.3) is 6.08 Å². The molecular weight excluding hydrogens is 442 g/mol. The van der Waals surface area contributed by atoms with Gasteiger partial charge >= 0.3 is 0 Å². The van der Waals surface area contributed by atoms with Crippen molar-refractivity contribution in [1.82, 2.24) is 9.80 Å². The van der Waals surface area contributed by atoms with Crippen LogP contribution in [0.2, 0.25) is 0 Å². The van der Waals surface area contributed by atoms with E-state index in [0.29, 0.717) is 5.92 Å². The SMILES string of the molecule is C=C(/C=C/c1cc(C)cc(C)c1)N1CCC(C(O)CN2CCC3(CC2)CNc2cc(C)ccc23)CC1. The molecule has 0 amide bonds. The summed E-state index contributed by atoms with van der Waals surface area (Å²) in [4.78, 5) is 4.87. The fourth-order valence-electron chi connectivity index (χ4n) is 6.63. The number of likely N-dealkylation sites (tertiary alicyclic amines) is 2. The first kappa shape index (κ1) is 25.1. The maximum absolute atomic E-state index is 11.1. The number of rotatable bonds is 6. The zero-order valence-electron chi connectivity index (χ0n) is 22.4. The Morgan fingerprint density at radius 3 is 2.42 bits per heavy atom. The number of anilines is 1. The molecule has 4 nitrogen and oxygen atoms in total. The van der Waals surface area contributed by atoms with Crippen LogP contribution in [-0.2, 0) is 5.41 Å². The molecule has 36 heavy (non-hydrogen) atoms. The lowest BCUT2D eigenvalue weighted by atomic mass is 9.74. The Labute approximate surface area is 217 Å². The van der Waals surface area contributed by atoms with Crippen molar-refractivity contribution in [3.05, 3.63) is 82.6 Å². The highest BCUT2D eigenvalue weighted by atomic mass is 16.3. The van der Waals surface area contributed by atoms with Gasteiger partial charge in [0, 0.05) is 43.0 Å². The van der Waals surface area contributed by atoms with Gasteiger partial charge in [-0.25, -0.2) is 0 Å². The number of aliphatic hydroxyl groups is 1. The molecule has 4 heteroatoms. The van der Waals surface area contributed by atoms with Crippen molar-refractivity contribution >= 4 is 11.8 Å². The van der Waals surface area contributed by atoms with Crippen LogP contribution in [0.5, 0.6) is 0 Å². The second-order valence-electron chi connectivity index (χ2n) is 11.6. The van der Waals surface area contributed by atoms with Crippen molar-refractivity contribution in [2.24, 2.45) is 5.92 Å².